The second-order valence-corrected chi connectivity index (χ2v) is 12.3. The minimum absolute atomic E-state index is 0.104. The largest absolute Gasteiger partial charge is 0.464 e. The number of sulfone groups is 1. The van der Waals surface area contributed by atoms with E-state index in [1.807, 2.05) is 42.7 Å². The lowest BCUT2D eigenvalue weighted by molar-refractivity contribution is -0.137. The first-order valence-corrected chi connectivity index (χ1v) is 15.9. The van der Waals surface area contributed by atoms with Gasteiger partial charge in [-0.15, -0.1) is 11.8 Å². The lowest BCUT2D eigenvalue weighted by Gasteiger charge is -2.37. The fourth-order valence-corrected chi connectivity index (χ4v) is 7.57. The van der Waals surface area contributed by atoms with Gasteiger partial charge in [0.25, 0.3) is 0 Å². The number of rotatable bonds is 12. The highest BCUT2D eigenvalue weighted by molar-refractivity contribution is 7.98. The Balaban J connectivity index is 2.17. The van der Waals surface area contributed by atoms with Crippen molar-refractivity contribution < 1.29 is 22.7 Å². The summed E-state index contributed by atoms with van der Waals surface area (Å²) >= 11 is 1.47. The summed E-state index contributed by atoms with van der Waals surface area (Å²) in [5, 5.41) is 0. The number of esters is 1. The molecule has 0 aliphatic carbocycles. The van der Waals surface area contributed by atoms with E-state index in [0.29, 0.717) is 18.0 Å². The van der Waals surface area contributed by atoms with Crippen LogP contribution in [0.15, 0.2) is 64.6 Å². The van der Waals surface area contributed by atoms with Crippen LogP contribution in [0.1, 0.15) is 59.3 Å². The topological polar surface area (TPSA) is 72.9 Å². The van der Waals surface area contributed by atoms with E-state index in [9.17, 15) is 13.2 Å². The average molecular weight is 546 g/mol. The third-order valence-electron chi connectivity index (χ3n) is 6.74. The summed E-state index contributed by atoms with van der Waals surface area (Å²) in [5.74, 6) is -0.00646. The van der Waals surface area contributed by atoms with E-state index in [4.69, 9.17) is 9.47 Å². The van der Waals surface area contributed by atoms with Crippen LogP contribution in [-0.2, 0) is 19.4 Å². The van der Waals surface area contributed by atoms with Gasteiger partial charge in [0.2, 0.25) is 0 Å². The zero-order valence-corrected chi connectivity index (χ0v) is 24.0. The summed E-state index contributed by atoms with van der Waals surface area (Å²) in [6.45, 7) is 6.94. The molecule has 202 valence electrons. The van der Waals surface area contributed by atoms with Gasteiger partial charge < -0.3 is 14.4 Å². The zero-order valence-electron chi connectivity index (χ0n) is 22.4. The van der Waals surface area contributed by atoms with Gasteiger partial charge in [0.1, 0.15) is 5.75 Å². The summed E-state index contributed by atoms with van der Waals surface area (Å²) in [5.41, 5.74) is 1.29. The van der Waals surface area contributed by atoms with Gasteiger partial charge in [0.05, 0.1) is 40.2 Å². The Morgan fingerprint density at radius 3 is 2.35 bits per heavy atom. The normalized spacial score (nSPS) is 16.3. The third-order valence-corrected chi connectivity index (χ3v) is 9.48. The van der Waals surface area contributed by atoms with E-state index in [-0.39, 0.29) is 22.7 Å². The number of ether oxygens (including phenoxy) is 2. The number of fused-ring (bicyclic) bond motifs is 1. The van der Waals surface area contributed by atoms with Gasteiger partial charge in [0.15, 0.2) is 9.84 Å². The molecule has 1 aliphatic heterocycles. The fourth-order valence-electron chi connectivity index (χ4n) is 4.91. The number of anilines is 2. The highest BCUT2D eigenvalue weighted by Gasteiger charge is 2.42. The van der Waals surface area contributed by atoms with Crippen LogP contribution in [0.4, 0.5) is 11.4 Å². The molecule has 1 aliphatic rings. The van der Waals surface area contributed by atoms with E-state index < -0.39 is 15.8 Å². The van der Waals surface area contributed by atoms with Crippen molar-refractivity contribution in [2.24, 2.45) is 5.41 Å². The molecule has 0 bridgehead atoms. The van der Waals surface area contributed by atoms with Crippen molar-refractivity contribution in [1.82, 2.24) is 0 Å². The maximum absolute atomic E-state index is 14.0. The maximum Gasteiger partial charge on any atom is 0.333 e. The number of benzene rings is 2. The van der Waals surface area contributed by atoms with Gasteiger partial charge in [-0.25, -0.2) is 13.2 Å². The first-order chi connectivity index (χ1) is 17.8. The summed E-state index contributed by atoms with van der Waals surface area (Å²) in [6.07, 6.45) is 10.1. The smallest absolute Gasteiger partial charge is 0.333 e. The first-order valence-electron chi connectivity index (χ1n) is 13.1. The predicted octanol–water partition coefficient (Wildman–Crippen LogP) is 7.16. The molecule has 0 saturated heterocycles. The van der Waals surface area contributed by atoms with Gasteiger partial charge >= 0.3 is 5.97 Å². The van der Waals surface area contributed by atoms with Crippen LogP contribution >= 0.6 is 11.8 Å². The molecule has 0 amide bonds. The summed E-state index contributed by atoms with van der Waals surface area (Å²) in [7, 11) is -3.63. The minimum atomic E-state index is -3.63. The van der Waals surface area contributed by atoms with Crippen molar-refractivity contribution in [3.05, 3.63) is 54.8 Å². The monoisotopic (exact) mass is 545 g/mol. The molecule has 0 aromatic heterocycles. The zero-order chi connectivity index (χ0) is 26.9. The highest BCUT2D eigenvalue weighted by Crippen LogP contribution is 2.47. The van der Waals surface area contributed by atoms with Gasteiger partial charge in [-0.05, 0) is 44.2 Å². The van der Waals surface area contributed by atoms with Crippen LogP contribution < -0.4 is 9.64 Å². The van der Waals surface area contributed by atoms with Crippen molar-refractivity contribution in [3.8, 4) is 5.75 Å². The second-order valence-electron chi connectivity index (χ2n) is 9.53. The number of carbonyl (C=O) groups is 1. The molecule has 1 heterocycles. The number of hydrogen-bond donors (Lipinski definition) is 0. The van der Waals surface area contributed by atoms with Crippen molar-refractivity contribution in [3.63, 3.8) is 0 Å². The number of hydrogen-bond acceptors (Lipinski definition) is 7. The number of thioether (sulfide) groups is 1. The Morgan fingerprint density at radius 2 is 1.76 bits per heavy atom. The Bertz CT molecular complexity index is 1170. The SMILES string of the molecule is CCCCC1(CCCC)CN(c2ccccc2)c2cc(SC)c(O/C=C\C(=O)OCC)cc2S(=O)(=O)C1. The van der Waals surface area contributed by atoms with Crippen LogP contribution in [0.2, 0.25) is 0 Å². The molecule has 37 heavy (non-hydrogen) atoms. The number of carbonyl (C=O) groups excluding carboxylic acids is 1. The molecule has 2 aromatic carbocycles. The summed E-state index contributed by atoms with van der Waals surface area (Å²) < 4.78 is 38.8. The maximum atomic E-state index is 14.0. The number of para-hydroxylation sites is 1. The van der Waals surface area contributed by atoms with Crippen molar-refractivity contribution >= 4 is 38.9 Å². The van der Waals surface area contributed by atoms with Crippen molar-refractivity contribution in [2.45, 2.75) is 69.1 Å². The average Bonchev–Trinajstić information content (AvgIpc) is 2.98. The molecule has 3 rings (SSSR count). The van der Waals surface area contributed by atoms with Crippen molar-refractivity contribution in [1.29, 1.82) is 0 Å². The van der Waals surface area contributed by atoms with Crippen LogP contribution in [0.5, 0.6) is 5.75 Å². The molecule has 0 unspecified atom stereocenters. The van der Waals surface area contributed by atoms with E-state index in [1.54, 1.807) is 13.0 Å². The van der Waals surface area contributed by atoms with Crippen LogP contribution in [0.3, 0.4) is 0 Å². The van der Waals surface area contributed by atoms with E-state index in [0.717, 1.165) is 49.1 Å². The van der Waals surface area contributed by atoms with Gasteiger partial charge in [-0.3, -0.25) is 0 Å². The number of nitrogens with zero attached hydrogens (tertiary/aromatic N) is 1. The minimum Gasteiger partial charge on any atom is -0.464 e. The Morgan fingerprint density at radius 1 is 1.08 bits per heavy atom. The molecule has 0 radical (unpaired) electrons. The number of unbranched alkanes of at least 4 members (excludes halogenated alkanes) is 2. The quantitative estimate of drug-likeness (QED) is 0.121. The molecule has 0 atom stereocenters. The summed E-state index contributed by atoms with van der Waals surface area (Å²) in [4.78, 5) is 15.0. The molecular formula is C29H39NO5S2. The molecule has 6 nitrogen and oxygen atoms in total. The van der Waals surface area contributed by atoms with E-state index in [1.165, 1.54) is 24.1 Å². The van der Waals surface area contributed by atoms with E-state index in [2.05, 4.69) is 18.7 Å². The lowest BCUT2D eigenvalue weighted by Crippen LogP contribution is -2.38. The van der Waals surface area contributed by atoms with Gasteiger partial charge in [0, 0.05) is 23.7 Å². The van der Waals surface area contributed by atoms with Gasteiger partial charge in [-0.1, -0.05) is 57.7 Å². The first kappa shape index (κ1) is 29.1. The van der Waals surface area contributed by atoms with Crippen LogP contribution in [0, 0.1) is 5.41 Å². The molecular weight excluding hydrogens is 506 g/mol. The fraction of sp³-hybridized carbons (Fsp3) is 0.483. The molecule has 8 heteroatoms. The predicted molar refractivity (Wildman–Crippen MR) is 152 cm³/mol. The highest BCUT2D eigenvalue weighted by atomic mass is 32.2. The third kappa shape index (κ3) is 7.32. The Hall–Kier alpha value is -2.45. The summed E-state index contributed by atoms with van der Waals surface area (Å²) in [6, 6.07) is 13.6. The van der Waals surface area contributed by atoms with Crippen molar-refractivity contribution in [2.75, 3.05) is 30.1 Å². The lowest BCUT2D eigenvalue weighted by atomic mass is 9.79. The second kappa shape index (κ2) is 13.4. The van der Waals surface area contributed by atoms with Gasteiger partial charge in [-0.2, -0.15) is 0 Å². The molecule has 0 saturated carbocycles. The molecule has 0 spiro atoms. The Labute approximate surface area is 226 Å². The Kier molecular flexibility index (Phi) is 10.5. The van der Waals surface area contributed by atoms with E-state index >= 15 is 0 Å². The molecule has 0 N–H and O–H groups in total. The molecule has 2 aromatic rings. The van der Waals surface area contributed by atoms with Crippen LogP contribution in [-0.4, -0.2) is 39.5 Å². The van der Waals surface area contributed by atoms with Crippen LogP contribution in [0.25, 0.3) is 0 Å². The molecule has 0 fully saturated rings. The standard InChI is InChI=1S/C29H39NO5S2/c1-5-8-16-29(17-9-6-2)21-30(23-13-11-10-12-14-23)24-19-26(36-4)25(20-27(24)37(32,33)22-29)35-18-15-28(31)34-7-3/h10-15,18-20H,5-9,16-17,21-22H2,1-4H3/b18-15-.